The highest BCUT2D eigenvalue weighted by Gasteiger charge is 2.35. The summed E-state index contributed by atoms with van der Waals surface area (Å²) in [7, 11) is -0.149. The smallest absolute Gasteiger partial charge is 0.417 e. The van der Waals surface area contributed by atoms with Crippen molar-refractivity contribution in [1.82, 2.24) is 5.32 Å². The second-order valence-corrected chi connectivity index (χ2v) is 10.1. The number of carbonyl (C=O) groups is 1. The number of anilines is 1. The maximum absolute atomic E-state index is 13.5. The molecule has 0 saturated heterocycles. The van der Waals surface area contributed by atoms with Crippen LogP contribution in [-0.2, 0) is 27.5 Å². The number of alkyl halides is 3. The Labute approximate surface area is 222 Å². The first-order valence-electron chi connectivity index (χ1n) is 10.9. The lowest BCUT2D eigenvalue weighted by Gasteiger charge is -2.25. The number of amides is 1. The van der Waals surface area contributed by atoms with Crippen molar-refractivity contribution in [2.75, 3.05) is 32.2 Å². The molecule has 1 N–H and O–H groups in total. The summed E-state index contributed by atoms with van der Waals surface area (Å²) in [6.45, 7) is -0.871. The molecule has 8 nitrogen and oxygen atoms in total. The van der Waals surface area contributed by atoms with Gasteiger partial charge in [0.15, 0.2) is 11.5 Å². The number of halogens is 4. The molecular formula is C25H24ClF3N2O6S. The van der Waals surface area contributed by atoms with Crippen molar-refractivity contribution in [3.05, 3.63) is 76.8 Å². The summed E-state index contributed by atoms with van der Waals surface area (Å²) >= 11 is 5.71. The Bertz CT molecular complexity index is 1380. The molecule has 0 saturated carbocycles. The normalized spacial score (nSPS) is 11.6. The molecule has 0 fully saturated rings. The number of hydrogen-bond acceptors (Lipinski definition) is 6. The van der Waals surface area contributed by atoms with Crippen LogP contribution in [0.5, 0.6) is 17.2 Å². The van der Waals surface area contributed by atoms with E-state index in [0.29, 0.717) is 33.2 Å². The molecule has 1 amide bonds. The van der Waals surface area contributed by atoms with Crippen molar-refractivity contribution >= 4 is 33.2 Å². The Morgan fingerprint density at radius 3 is 2.08 bits per heavy atom. The number of carbonyl (C=O) groups excluding carboxylic acids is 1. The highest BCUT2D eigenvalue weighted by Crippen LogP contribution is 2.39. The Morgan fingerprint density at radius 1 is 0.947 bits per heavy atom. The zero-order chi connectivity index (χ0) is 28.1. The molecule has 0 aliphatic heterocycles. The zero-order valence-corrected chi connectivity index (χ0v) is 22.1. The fraction of sp³-hybridized carbons (Fsp3) is 0.240. The van der Waals surface area contributed by atoms with Crippen LogP contribution in [0.25, 0.3) is 0 Å². The molecule has 3 aromatic carbocycles. The lowest BCUT2D eigenvalue weighted by atomic mass is 10.1. The minimum absolute atomic E-state index is 0.0663. The van der Waals surface area contributed by atoms with E-state index in [1.165, 1.54) is 45.6 Å². The summed E-state index contributed by atoms with van der Waals surface area (Å²) in [5.74, 6) is 0.241. The van der Waals surface area contributed by atoms with E-state index >= 15 is 0 Å². The van der Waals surface area contributed by atoms with Gasteiger partial charge in [-0.3, -0.25) is 9.10 Å². The van der Waals surface area contributed by atoms with Gasteiger partial charge in [-0.2, -0.15) is 13.2 Å². The third-order valence-corrected chi connectivity index (χ3v) is 7.49. The minimum Gasteiger partial charge on any atom is -0.493 e. The van der Waals surface area contributed by atoms with Gasteiger partial charge in [0.2, 0.25) is 11.7 Å². The fourth-order valence-corrected chi connectivity index (χ4v) is 5.20. The van der Waals surface area contributed by atoms with E-state index < -0.39 is 39.2 Å². The van der Waals surface area contributed by atoms with Gasteiger partial charge >= 0.3 is 6.18 Å². The molecule has 0 bridgehead atoms. The van der Waals surface area contributed by atoms with Crippen LogP contribution in [-0.4, -0.2) is 42.2 Å². The molecule has 13 heteroatoms. The molecule has 3 rings (SSSR count). The Morgan fingerprint density at radius 2 is 1.55 bits per heavy atom. The lowest BCUT2D eigenvalue weighted by Crippen LogP contribution is -2.40. The minimum atomic E-state index is -4.84. The number of nitrogens with zero attached hydrogens (tertiary/aromatic N) is 1. The number of benzene rings is 3. The molecule has 0 aromatic heterocycles. The van der Waals surface area contributed by atoms with Gasteiger partial charge in [-0.1, -0.05) is 29.8 Å². The predicted molar refractivity (Wildman–Crippen MR) is 135 cm³/mol. The zero-order valence-electron chi connectivity index (χ0n) is 20.5. The van der Waals surface area contributed by atoms with E-state index in [0.717, 1.165) is 12.1 Å². The van der Waals surface area contributed by atoms with Gasteiger partial charge in [0.1, 0.15) is 6.54 Å². The maximum Gasteiger partial charge on any atom is 0.417 e. The summed E-state index contributed by atoms with van der Waals surface area (Å²) in [6.07, 6.45) is -4.84. The summed E-state index contributed by atoms with van der Waals surface area (Å²) in [4.78, 5) is 12.7. The van der Waals surface area contributed by atoms with Gasteiger partial charge in [-0.05, 0) is 48.0 Å². The van der Waals surface area contributed by atoms with E-state index in [1.54, 1.807) is 18.2 Å². The van der Waals surface area contributed by atoms with E-state index in [2.05, 4.69) is 5.32 Å². The van der Waals surface area contributed by atoms with Crippen molar-refractivity contribution in [2.24, 2.45) is 0 Å². The van der Waals surface area contributed by atoms with Gasteiger partial charge < -0.3 is 19.5 Å². The molecule has 0 aliphatic rings. The third-order valence-electron chi connectivity index (χ3n) is 5.38. The Balaban J connectivity index is 1.94. The first-order valence-corrected chi connectivity index (χ1v) is 12.7. The molecule has 3 aromatic rings. The van der Waals surface area contributed by atoms with E-state index in [1.807, 2.05) is 0 Å². The highest BCUT2D eigenvalue weighted by atomic mass is 35.5. The van der Waals surface area contributed by atoms with Crippen LogP contribution in [0.2, 0.25) is 5.02 Å². The number of nitrogens with one attached hydrogen (secondary N) is 1. The van der Waals surface area contributed by atoms with Crippen LogP contribution < -0.4 is 23.8 Å². The molecule has 0 unspecified atom stereocenters. The largest absolute Gasteiger partial charge is 0.493 e. The maximum atomic E-state index is 13.5. The van der Waals surface area contributed by atoms with Crippen molar-refractivity contribution in [1.29, 1.82) is 0 Å². The number of rotatable bonds is 10. The van der Waals surface area contributed by atoms with Gasteiger partial charge in [-0.15, -0.1) is 0 Å². The van der Waals surface area contributed by atoms with Crippen LogP contribution in [0.1, 0.15) is 11.1 Å². The van der Waals surface area contributed by atoms with Gasteiger partial charge in [-0.25, -0.2) is 8.42 Å². The van der Waals surface area contributed by atoms with Crippen LogP contribution in [0, 0.1) is 0 Å². The molecule has 0 aliphatic carbocycles. The first-order chi connectivity index (χ1) is 17.9. The SMILES string of the molecule is COc1cc(CNC(=O)CN(c2ccc(Cl)c(C(F)(F)F)c2)S(=O)(=O)c2ccccc2)cc(OC)c1OC. The Hall–Kier alpha value is -3.64. The summed E-state index contributed by atoms with van der Waals surface area (Å²) < 4.78 is 83.7. The number of hydrogen-bond donors (Lipinski definition) is 1. The van der Waals surface area contributed by atoms with Gasteiger partial charge in [0.05, 0.1) is 42.5 Å². The average molecular weight is 573 g/mol. The number of sulfonamides is 1. The summed E-state index contributed by atoms with van der Waals surface area (Å²) in [5, 5.41) is 1.97. The van der Waals surface area contributed by atoms with E-state index in [-0.39, 0.29) is 17.1 Å². The molecule has 0 radical (unpaired) electrons. The number of methoxy groups -OCH3 is 3. The second-order valence-electron chi connectivity index (χ2n) is 7.80. The Kier molecular flexibility index (Phi) is 9.00. The quantitative estimate of drug-likeness (QED) is 0.372. The van der Waals surface area contributed by atoms with E-state index in [9.17, 15) is 26.4 Å². The molecule has 38 heavy (non-hydrogen) atoms. The van der Waals surface area contributed by atoms with Crippen molar-refractivity contribution in [3.8, 4) is 17.2 Å². The fourth-order valence-electron chi connectivity index (χ4n) is 3.54. The van der Waals surface area contributed by atoms with Gasteiger partial charge in [0, 0.05) is 6.54 Å². The molecule has 204 valence electrons. The topological polar surface area (TPSA) is 94.2 Å². The average Bonchev–Trinajstić information content (AvgIpc) is 2.90. The predicted octanol–water partition coefficient (Wildman–Crippen LogP) is 4.90. The molecule has 0 heterocycles. The highest BCUT2D eigenvalue weighted by molar-refractivity contribution is 7.92. The van der Waals surface area contributed by atoms with Crippen molar-refractivity contribution < 1.29 is 40.6 Å². The van der Waals surface area contributed by atoms with E-state index in [4.69, 9.17) is 25.8 Å². The van der Waals surface area contributed by atoms with Crippen molar-refractivity contribution in [2.45, 2.75) is 17.6 Å². The summed E-state index contributed by atoms with van der Waals surface area (Å²) in [6, 6.07) is 12.9. The molecular weight excluding hydrogens is 549 g/mol. The molecule has 0 atom stereocenters. The molecule has 0 spiro atoms. The van der Waals surface area contributed by atoms with Crippen LogP contribution in [0.3, 0.4) is 0 Å². The van der Waals surface area contributed by atoms with Crippen LogP contribution >= 0.6 is 11.6 Å². The van der Waals surface area contributed by atoms with Crippen LogP contribution in [0.4, 0.5) is 18.9 Å². The number of ether oxygens (including phenoxy) is 3. The van der Waals surface area contributed by atoms with Crippen LogP contribution in [0.15, 0.2) is 65.6 Å². The lowest BCUT2D eigenvalue weighted by molar-refractivity contribution is -0.137. The van der Waals surface area contributed by atoms with Crippen molar-refractivity contribution in [3.63, 3.8) is 0 Å². The monoisotopic (exact) mass is 572 g/mol. The third kappa shape index (κ3) is 6.43. The standard InChI is InChI=1S/C25H24ClF3N2O6S/c1-35-21-11-16(12-22(36-2)24(21)37-3)14-30-23(32)15-31(38(33,34)18-7-5-4-6-8-18)17-9-10-20(26)19(13-17)25(27,28)29/h4-13H,14-15H2,1-3H3,(H,30,32). The summed E-state index contributed by atoms with van der Waals surface area (Å²) in [5.41, 5.74) is -1.08. The van der Waals surface area contributed by atoms with Gasteiger partial charge in [0.25, 0.3) is 10.0 Å². The first kappa shape index (κ1) is 28.9. The second kappa shape index (κ2) is 11.8.